The molecule has 0 aliphatic carbocycles. The Balaban J connectivity index is 1.42. The molecule has 1 atom stereocenters. The van der Waals surface area contributed by atoms with Gasteiger partial charge in [0.1, 0.15) is 0 Å². The minimum Gasteiger partial charge on any atom is -0.352 e. The molecule has 1 N–H and O–H groups in total. The van der Waals surface area contributed by atoms with E-state index in [9.17, 15) is 14.4 Å². The zero-order valence-corrected chi connectivity index (χ0v) is 17.6. The molecule has 30 heavy (non-hydrogen) atoms. The summed E-state index contributed by atoms with van der Waals surface area (Å²) < 4.78 is 0. The largest absolute Gasteiger partial charge is 0.352 e. The second-order valence-electron chi connectivity index (χ2n) is 7.68. The summed E-state index contributed by atoms with van der Waals surface area (Å²) in [6.45, 7) is 3.22. The zero-order valence-electron chi connectivity index (χ0n) is 16.9. The van der Waals surface area contributed by atoms with Crippen LogP contribution in [0.25, 0.3) is 0 Å². The van der Waals surface area contributed by atoms with Gasteiger partial charge in [-0.15, -0.1) is 0 Å². The van der Waals surface area contributed by atoms with Gasteiger partial charge in [0.2, 0.25) is 17.7 Å². The summed E-state index contributed by atoms with van der Waals surface area (Å²) >= 11 is 6.14. The SMILES string of the molecule is CCC(=O)N1CCc2cc(N3CC(C(=O)NCc4ccccc4Cl)CC3=O)ccc21. The van der Waals surface area contributed by atoms with E-state index in [0.29, 0.717) is 31.1 Å². The number of anilines is 2. The fraction of sp³-hybridized carbons (Fsp3) is 0.348. The van der Waals surface area contributed by atoms with E-state index in [2.05, 4.69) is 5.32 Å². The first-order chi connectivity index (χ1) is 14.5. The summed E-state index contributed by atoms with van der Waals surface area (Å²) in [5, 5.41) is 3.50. The molecule has 3 amide bonds. The average Bonchev–Trinajstić information content (AvgIpc) is 3.35. The molecular formula is C23H24ClN3O3. The van der Waals surface area contributed by atoms with Gasteiger partial charge in [0.05, 0.1) is 5.92 Å². The number of halogens is 1. The number of nitrogens with zero attached hydrogens (tertiary/aromatic N) is 2. The first-order valence-corrected chi connectivity index (χ1v) is 10.6. The Morgan fingerprint density at radius 3 is 2.77 bits per heavy atom. The van der Waals surface area contributed by atoms with Crippen LogP contribution < -0.4 is 15.1 Å². The molecule has 2 heterocycles. The number of amides is 3. The minimum absolute atomic E-state index is 0.0627. The van der Waals surface area contributed by atoms with Crippen LogP contribution in [0.2, 0.25) is 5.02 Å². The Kier molecular flexibility index (Phi) is 5.77. The first-order valence-electron chi connectivity index (χ1n) is 10.2. The van der Waals surface area contributed by atoms with Crippen LogP contribution in [-0.2, 0) is 27.3 Å². The molecule has 0 saturated carbocycles. The summed E-state index contributed by atoms with van der Waals surface area (Å²) in [5.41, 5.74) is 3.62. The number of rotatable bonds is 5. The smallest absolute Gasteiger partial charge is 0.227 e. The molecule has 1 unspecified atom stereocenters. The monoisotopic (exact) mass is 425 g/mol. The van der Waals surface area contributed by atoms with Crippen LogP contribution in [-0.4, -0.2) is 30.8 Å². The molecule has 1 saturated heterocycles. The van der Waals surface area contributed by atoms with Crippen molar-refractivity contribution in [1.29, 1.82) is 0 Å². The second kappa shape index (κ2) is 8.48. The van der Waals surface area contributed by atoms with Gasteiger partial charge in [-0.25, -0.2) is 0 Å². The highest BCUT2D eigenvalue weighted by Crippen LogP contribution is 2.34. The highest BCUT2D eigenvalue weighted by molar-refractivity contribution is 6.31. The van der Waals surface area contributed by atoms with E-state index in [1.165, 1.54) is 0 Å². The predicted molar refractivity (Wildman–Crippen MR) is 117 cm³/mol. The zero-order chi connectivity index (χ0) is 21.3. The topological polar surface area (TPSA) is 69.7 Å². The number of benzene rings is 2. The van der Waals surface area contributed by atoms with Crippen LogP contribution in [0.4, 0.5) is 11.4 Å². The normalized spacial score (nSPS) is 17.9. The molecule has 2 aromatic carbocycles. The van der Waals surface area contributed by atoms with Gasteiger partial charge in [0.25, 0.3) is 0 Å². The van der Waals surface area contributed by atoms with Crippen molar-refractivity contribution in [3.63, 3.8) is 0 Å². The van der Waals surface area contributed by atoms with Crippen molar-refractivity contribution in [2.45, 2.75) is 32.7 Å². The molecule has 4 rings (SSSR count). The average molecular weight is 426 g/mol. The van der Waals surface area contributed by atoms with Crippen molar-refractivity contribution in [1.82, 2.24) is 5.32 Å². The molecule has 2 aliphatic heterocycles. The highest BCUT2D eigenvalue weighted by atomic mass is 35.5. The summed E-state index contributed by atoms with van der Waals surface area (Å²) in [4.78, 5) is 40.8. The van der Waals surface area contributed by atoms with Crippen LogP contribution >= 0.6 is 11.6 Å². The lowest BCUT2D eigenvalue weighted by Gasteiger charge is -2.20. The van der Waals surface area contributed by atoms with Gasteiger partial charge in [-0.1, -0.05) is 36.7 Å². The Hall–Kier alpha value is -2.86. The van der Waals surface area contributed by atoms with Crippen LogP contribution in [0.3, 0.4) is 0 Å². The molecule has 7 heteroatoms. The Morgan fingerprint density at radius 1 is 1.20 bits per heavy atom. The lowest BCUT2D eigenvalue weighted by atomic mass is 10.1. The van der Waals surface area contributed by atoms with Gasteiger partial charge in [-0.3, -0.25) is 14.4 Å². The standard InChI is InChI=1S/C23H24ClN3O3/c1-2-21(28)26-10-9-15-11-18(7-8-20(15)26)27-14-17(12-22(27)29)23(30)25-13-16-5-3-4-6-19(16)24/h3-8,11,17H,2,9-10,12-14H2,1H3,(H,25,30). The van der Waals surface area contributed by atoms with Gasteiger partial charge >= 0.3 is 0 Å². The molecule has 156 valence electrons. The lowest BCUT2D eigenvalue weighted by Crippen LogP contribution is -2.32. The number of nitrogens with one attached hydrogen (secondary N) is 1. The summed E-state index contributed by atoms with van der Waals surface area (Å²) in [6, 6.07) is 13.1. The van der Waals surface area contributed by atoms with Gasteiger partial charge in [0.15, 0.2) is 0 Å². The molecular weight excluding hydrogens is 402 g/mol. The maximum absolute atomic E-state index is 12.6. The van der Waals surface area contributed by atoms with Crippen LogP contribution in [0.5, 0.6) is 0 Å². The molecule has 6 nitrogen and oxygen atoms in total. The Bertz CT molecular complexity index is 1010. The number of fused-ring (bicyclic) bond motifs is 1. The lowest BCUT2D eigenvalue weighted by molar-refractivity contribution is -0.126. The summed E-state index contributed by atoms with van der Waals surface area (Å²) in [6.07, 6.45) is 1.43. The Labute approximate surface area is 180 Å². The molecule has 0 spiro atoms. The molecule has 2 aromatic rings. The highest BCUT2D eigenvalue weighted by Gasteiger charge is 2.35. The van der Waals surface area contributed by atoms with Gasteiger partial charge < -0.3 is 15.1 Å². The number of hydrogen-bond acceptors (Lipinski definition) is 3. The van der Waals surface area contributed by atoms with Crippen molar-refractivity contribution < 1.29 is 14.4 Å². The van der Waals surface area contributed by atoms with Crippen molar-refractivity contribution >= 4 is 40.7 Å². The van der Waals surface area contributed by atoms with Crippen LogP contribution in [0.1, 0.15) is 30.9 Å². The van der Waals surface area contributed by atoms with E-state index in [1.54, 1.807) is 15.9 Å². The maximum Gasteiger partial charge on any atom is 0.227 e. The number of carbonyl (C=O) groups is 3. The van der Waals surface area contributed by atoms with Crippen LogP contribution in [0, 0.1) is 5.92 Å². The molecule has 1 fully saturated rings. The van der Waals surface area contributed by atoms with Crippen molar-refractivity contribution in [2.24, 2.45) is 5.92 Å². The molecule has 0 bridgehead atoms. The fourth-order valence-electron chi connectivity index (χ4n) is 4.11. The predicted octanol–water partition coefficient (Wildman–Crippen LogP) is 3.31. The molecule has 0 aromatic heterocycles. The third-order valence-corrected chi connectivity index (χ3v) is 6.15. The van der Waals surface area contributed by atoms with E-state index in [0.717, 1.165) is 28.9 Å². The Morgan fingerprint density at radius 2 is 2.00 bits per heavy atom. The summed E-state index contributed by atoms with van der Waals surface area (Å²) in [5.74, 6) is -0.501. The van der Waals surface area contributed by atoms with Gasteiger partial charge in [0, 0.05) is 48.9 Å². The van der Waals surface area contributed by atoms with E-state index in [1.807, 2.05) is 43.3 Å². The van der Waals surface area contributed by atoms with E-state index >= 15 is 0 Å². The number of hydrogen-bond donors (Lipinski definition) is 1. The third kappa shape index (κ3) is 3.92. The molecule has 0 radical (unpaired) electrons. The maximum atomic E-state index is 12.6. The van der Waals surface area contributed by atoms with Crippen molar-refractivity contribution in [3.05, 3.63) is 58.6 Å². The number of carbonyl (C=O) groups excluding carboxylic acids is 3. The van der Waals surface area contributed by atoms with Crippen molar-refractivity contribution in [3.8, 4) is 0 Å². The minimum atomic E-state index is -0.397. The fourth-order valence-corrected chi connectivity index (χ4v) is 4.31. The van der Waals surface area contributed by atoms with Crippen molar-refractivity contribution in [2.75, 3.05) is 22.9 Å². The third-order valence-electron chi connectivity index (χ3n) is 5.78. The van der Waals surface area contributed by atoms with E-state index in [4.69, 9.17) is 11.6 Å². The molecule has 2 aliphatic rings. The van der Waals surface area contributed by atoms with E-state index < -0.39 is 5.92 Å². The second-order valence-corrected chi connectivity index (χ2v) is 8.08. The van der Waals surface area contributed by atoms with Crippen LogP contribution in [0.15, 0.2) is 42.5 Å². The van der Waals surface area contributed by atoms with Gasteiger partial charge in [-0.2, -0.15) is 0 Å². The first kappa shape index (κ1) is 20.4. The van der Waals surface area contributed by atoms with E-state index in [-0.39, 0.29) is 24.1 Å². The summed E-state index contributed by atoms with van der Waals surface area (Å²) in [7, 11) is 0. The van der Waals surface area contributed by atoms with Gasteiger partial charge in [-0.05, 0) is 41.8 Å². The quantitative estimate of drug-likeness (QED) is 0.799.